The molecule has 0 aliphatic heterocycles. The Morgan fingerprint density at radius 1 is 0.917 bits per heavy atom. The van der Waals surface area contributed by atoms with E-state index in [1.54, 1.807) is 6.20 Å². The summed E-state index contributed by atoms with van der Waals surface area (Å²) in [7, 11) is 4.02. The lowest BCUT2D eigenvalue weighted by Gasteiger charge is -2.14. The maximum absolute atomic E-state index is 5.87. The molecule has 122 valence electrons. The average Bonchev–Trinajstić information content (AvgIpc) is 2.62. The maximum atomic E-state index is 5.87. The minimum Gasteiger partial charge on any atom is -0.456 e. The van der Waals surface area contributed by atoms with Crippen molar-refractivity contribution in [3.8, 4) is 11.5 Å². The second kappa shape index (κ2) is 7.51. The van der Waals surface area contributed by atoms with Gasteiger partial charge in [-0.3, -0.25) is 0 Å². The van der Waals surface area contributed by atoms with Crippen LogP contribution < -0.4 is 15.0 Å². The number of anilines is 2. The minimum absolute atomic E-state index is 0.719. The highest BCUT2D eigenvalue weighted by molar-refractivity contribution is 5.50. The van der Waals surface area contributed by atoms with E-state index in [1.165, 1.54) is 5.56 Å². The van der Waals surface area contributed by atoms with E-state index in [0.29, 0.717) is 0 Å². The smallest absolute Gasteiger partial charge is 0.145 e. The Balaban J connectivity index is 1.61. The molecule has 1 N–H and O–H groups in total. The Morgan fingerprint density at radius 3 is 2.46 bits per heavy atom. The Kier molecular flexibility index (Phi) is 4.96. The van der Waals surface area contributed by atoms with Gasteiger partial charge in [0, 0.05) is 32.4 Å². The summed E-state index contributed by atoms with van der Waals surface area (Å²) < 4.78 is 5.87. The van der Waals surface area contributed by atoms with Gasteiger partial charge in [0.2, 0.25) is 0 Å². The van der Waals surface area contributed by atoms with Crippen molar-refractivity contribution in [3.63, 3.8) is 0 Å². The first kappa shape index (κ1) is 15.9. The molecular formula is C20H21N3O. The summed E-state index contributed by atoms with van der Waals surface area (Å²) in [6.07, 6.45) is 1.73. The van der Waals surface area contributed by atoms with Crippen molar-refractivity contribution >= 4 is 11.5 Å². The lowest BCUT2D eigenvalue weighted by molar-refractivity contribution is 0.480. The lowest BCUT2D eigenvalue weighted by atomic mass is 10.2. The number of nitrogens with one attached hydrogen (secondary N) is 1. The third kappa shape index (κ3) is 4.26. The number of pyridine rings is 1. The summed E-state index contributed by atoms with van der Waals surface area (Å²) in [5.74, 6) is 2.34. The largest absolute Gasteiger partial charge is 0.456 e. The Labute approximate surface area is 142 Å². The fourth-order valence-corrected chi connectivity index (χ4v) is 2.29. The van der Waals surface area contributed by atoms with Crippen LogP contribution >= 0.6 is 0 Å². The number of hydrogen-bond acceptors (Lipinski definition) is 4. The summed E-state index contributed by atoms with van der Waals surface area (Å²) in [5.41, 5.74) is 2.32. The molecule has 0 saturated carbocycles. The normalized spacial score (nSPS) is 10.2. The van der Waals surface area contributed by atoms with Crippen LogP contribution in [0.4, 0.5) is 11.5 Å². The topological polar surface area (TPSA) is 37.4 Å². The SMILES string of the molecule is CN(C)c1cccc(Oc2ccc(NCc3ccccc3)nc2)c1. The molecule has 0 bridgehead atoms. The summed E-state index contributed by atoms with van der Waals surface area (Å²) in [4.78, 5) is 6.44. The molecule has 2 aromatic carbocycles. The van der Waals surface area contributed by atoms with Crippen molar-refractivity contribution in [3.05, 3.63) is 78.5 Å². The second-order valence-corrected chi connectivity index (χ2v) is 5.71. The molecule has 0 spiro atoms. The Bertz CT molecular complexity index is 770. The molecule has 0 saturated heterocycles. The molecule has 0 aliphatic carbocycles. The number of ether oxygens (including phenoxy) is 1. The molecule has 1 heterocycles. The second-order valence-electron chi connectivity index (χ2n) is 5.71. The molecule has 4 heteroatoms. The van der Waals surface area contributed by atoms with Crippen molar-refractivity contribution < 1.29 is 4.74 Å². The first-order chi connectivity index (χ1) is 11.7. The number of hydrogen-bond donors (Lipinski definition) is 1. The highest BCUT2D eigenvalue weighted by atomic mass is 16.5. The molecule has 4 nitrogen and oxygen atoms in total. The zero-order chi connectivity index (χ0) is 16.8. The molecule has 0 amide bonds. The average molecular weight is 319 g/mol. The first-order valence-electron chi connectivity index (χ1n) is 7.90. The van der Waals surface area contributed by atoms with Gasteiger partial charge in [0.1, 0.15) is 17.3 Å². The molecule has 24 heavy (non-hydrogen) atoms. The van der Waals surface area contributed by atoms with E-state index >= 15 is 0 Å². The van der Waals surface area contributed by atoms with Gasteiger partial charge in [0.05, 0.1) is 6.20 Å². The van der Waals surface area contributed by atoms with Crippen molar-refractivity contribution in [2.24, 2.45) is 0 Å². The summed E-state index contributed by atoms with van der Waals surface area (Å²) in [5, 5.41) is 3.30. The summed E-state index contributed by atoms with van der Waals surface area (Å²) in [6.45, 7) is 0.749. The fraction of sp³-hybridized carbons (Fsp3) is 0.150. The zero-order valence-electron chi connectivity index (χ0n) is 13.9. The molecule has 0 aliphatic rings. The molecular weight excluding hydrogens is 298 g/mol. The highest BCUT2D eigenvalue weighted by Gasteiger charge is 2.02. The summed E-state index contributed by atoms with van der Waals surface area (Å²) >= 11 is 0. The minimum atomic E-state index is 0.719. The lowest BCUT2D eigenvalue weighted by Crippen LogP contribution is -2.08. The van der Waals surface area contributed by atoms with Crippen LogP contribution in [0, 0.1) is 0 Å². The van der Waals surface area contributed by atoms with E-state index in [-0.39, 0.29) is 0 Å². The van der Waals surface area contributed by atoms with E-state index in [1.807, 2.05) is 73.6 Å². The van der Waals surface area contributed by atoms with E-state index in [0.717, 1.165) is 29.5 Å². The third-order valence-electron chi connectivity index (χ3n) is 3.62. The molecule has 3 aromatic rings. The Morgan fingerprint density at radius 2 is 1.75 bits per heavy atom. The summed E-state index contributed by atoms with van der Waals surface area (Å²) in [6, 6.07) is 22.1. The monoisotopic (exact) mass is 319 g/mol. The van der Waals surface area contributed by atoms with Gasteiger partial charge in [-0.25, -0.2) is 4.98 Å². The Hall–Kier alpha value is -3.01. The van der Waals surface area contributed by atoms with Crippen LogP contribution in [0.3, 0.4) is 0 Å². The third-order valence-corrected chi connectivity index (χ3v) is 3.62. The van der Waals surface area contributed by atoms with Crippen molar-refractivity contribution in [1.29, 1.82) is 0 Å². The molecule has 1 aromatic heterocycles. The molecule has 0 atom stereocenters. The van der Waals surface area contributed by atoms with Crippen LogP contribution in [0.15, 0.2) is 72.9 Å². The molecule has 3 rings (SSSR count). The molecule has 0 unspecified atom stereocenters. The predicted octanol–water partition coefficient (Wildman–Crippen LogP) is 4.55. The quantitative estimate of drug-likeness (QED) is 0.723. The van der Waals surface area contributed by atoms with Gasteiger partial charge in [-0.1, -0.05) is 36.4 Å². The standard InChI is InChI=1S/C20H21N3O/c1-23(2)17-9-6-10-18(13-17)24-19-11-12-20(22-15-19)21-14-16-7-4-3-5-8-16/h3-13,15H,14H2,1-2H3,(H,21,22). The fourth-order valence-electron chi connectivity index (χ4n) is 2.29. The van der Waals surface area contributed by atoms with Gasteiger partial charge in [0.15, 0.2) is 0 Å². The van der Waals surface area contributed by atoms with E-state index in [9.17, 15) is 0 Å². The van der Waals surface area contributed by atoms with Crippen molar-refractivity contribution in [2.75, 3.05) is 24.3 Å². The molecule has 0 radical (unpaired) electrons. The maximum Gasteiger partial charge on any atom is 0.145 e. The van der Waals surface area contributed by atoms with Gasteiger partial charge in [0.25, 0.3) is 0 Å². The van der Waals surface area contributed by atoms with E-state index < -0.39 is 0 Å². The van der Waals surface area contributed by atoms with Crippen molar-refractivity contribution in [2.45, 2.75) is 6.54 Å². The van der Waals surface area contributed by atoms with Gasteiger partial charge < -0.3 is 15.0 Å². The number of aromatic nitrogens is 1. The molecule has 0 fully saturated rings. The van der Waals surface area contributed by atoms with Crippen LogP contribution in [0.5, 0.6) is 11.5 Å². The highest BCUT2D eigenvalue weighted by Crippen LogP contribution is 2.25. The number of nitrogens with zero attached hydrogens (tertiary/aromatic N) is 2. The van der Waals surface area contributed by atoms with Gasteiger partial charge >= 0.3 is 0 Å². The van der Waals surface area contributed by atoms with Gasteiger partial charge in [-0.05, 0) is 29.8 Å². The van der Waals surface area contributed by atoms with Crippen LogP contribution in [0.2, 0.25) is 0 Å². The van der Waals surface area contributed by atoms with Crippen LogP contribution in [-0.2, 0) is 6.54 Å². The number of rotatable bonds is 6. The van der Waals surface area contributed by atoms with E-state index in [4.69, 9.17) is 4.74 Å². The van der Waals surface area contributed by atoms with Crippen molar-refractivity contribution in [1.82, 2.24) is 4.98 Å². The van der Waals surface area contributed by atoms with Crippen LogP contribution in [0.1, 0.15) is 5.56 Å². The van der Waals surface area contributed by atoms with Crippen LogP contribution in [0.25, 0.3) is 0 Å². The zero-order valence-corrected chi connectivity index (χ0v) is 13.9. The van der Waals surface area contributed by atoms with Crippen LogP contribution in [-0.4, -0.2) is 19.1 Å². The van der Waals surface area contributed by atoms with Gasteiger partial charge in [-0.2, -0.15) is 0 Å². The van der Waals surface area contributed by atoms with E-state index in [2.05, 4.69) is 22.4 Å². The first-order valence-corrected chi connectivity index (χ1v) is 7.90. The van der Waals surface area contributed by atoms with Gasteiger partial charge in [-0.15, -0.1) is 0 Å². The number of benzene rings is 2. The predicted molar refractivity (Wildman–Crippen MR) is 98.8 cm³/mol.